The van der Waals surface area contributed by atoms with Gasteiger partial charge in [-0.05, 0) is 12.8 Å². The summed E-state index contributed by atoms with van der Waals surface area (Å²) in [6, 6.07) is 0. The Morgan fingerprint density at radius 3 is 3.00 bits per heavy atom. The van der Waals surface area contributed by atoms with Crippen LogP contribution < -0.4 is 10.9 Å². The maximum Gasteiger partial charge on any atom is 0.267 e. The lowest BCUT2D eigenvalue weighted by atomic mass is 10.2. The van der Waals surface area contributed by atoms with Crippen LogP contribution in [0.25, 0.3) is 0 Å². The molecule has 3 heterocycles. The molecule has 1 N–H and O–H groups in total. The molecule has 2 amide bonds. The summed E-state index contributed by atoms with van der Waals surface area (Å²) in [7, 11) is 0. The van der Waals surface area contributed by atoms with Gasteiger partial charge in [-0.1, -0.05) is 18.2 Å². The van der Waals surface area contributed by atoms with E-state index >= 15 is 0 Å². The fourth-order valence-electron chi connectivity index (χ4n) is 2.85. The molecule has 0 aromatic carbocycles. The molecule has 0 radical (unpaired) electrons. The molecule has 0 atom stereocenters. The van der Waals surface area contributed by atoms with E-state index in [1.807, 2.05) is 0 Å². The molecule has 3 rings (SSSR count). The molecule has 1 saturated heterocycles. The lowest BCUT2D eigenvalue weighted by molar-refractivity contribution is -0.130. The van der Waals surface area contributed by atoms with Crippen LogP contribution in [0.2, 0.25) is 0 Å². The van der Waals surface area contributed by atoms with Crippen LogP contribution in [-0.2, 0) is 11.3 Å². The molecule has 7 nitrogen and oxygen atoms in total. The number of hydrogen-bond donors (Lipinski definition) is 1. The van der Waals surface area contributed by atoms with Gasteiger partial charge in [-0.3, -0.25) is 19.0 Å². The molecule has 2 aliphatic rings. The number of hydrogen-bond acceptors (Lipinski definition) is 5. The van der Waals surface area contributed by atoms with Crippen molar-refractivity contribution < 1.29 is 9.59 Å². The lowest BCUT2D eigenvalue weighted by Crippen LogP contribution is -2.40. The summed E-state index contributed by atoms with van der Waals surface area (Å²) in [5.41, 5.74) is -0.221. The number of likely N-dealkylation sites (tertiary alicyclic amines) is 1. The summed E-state index contributed by atoms with van der Waals surface area (Å²) in [5.74, 6) is 0.537. The van der Waals surface area contributed by atoms with Gasteiger partial charge in [-0.25, -0.2) is 4.98 Å². The molecule has 8 heteroatoms. The van der Waals surface area contributed by atoms with Crippen LogP contribution in [0.1, 0.15) is 36.0 Å². The third-order valence-electron chi connectivity index (χ3n) is 4.14. The summed E-state index contributed by atoms with van der Waals surface area (Å²) < 4.78 is 1.54. The summed E-state index contributed by atoms with van der Waals surface area (Å²) in [6.45, 7) is 2.17. The highest BCUT2D eigenvalue weighted by Gasteiger charge is 2.20. The fourth-order valence-corrected chi connectivity index (χ4v) is 3.76. The van der Waals surface area contributed by atoms with Crippen molar-refractivity contribution in [3.05, 3.63) is 22.1 Å². The second kappa shape index (κ2) is 7.16. The predicted octanol–water partition coefficient (Wildman–Crippen LogP) is 0.481. The average molecular weight is 336 g/mol. The van der Waals surface area contributed by atoms with Gasteiger partial charge < -0.3 is 10.2 Å². The van der Waals surface area contributed by atoms with Gasteiger partial charge in [0.1, 0.15) is 5.56 Å². The van der Waals surface area contributed by atoms with Crippen LogP contribution in [0.5, 0.6) is 0 Å². The molecule has 0 unspecified atom stereocenters. The molecular formula is C15H20N4O3S. The zero-order valence-corrected chi connectivity index (χ0v) is 13.7. The van der Waals surface area contributed by atoms with Crippen molar-refractivity contribution in [1.29, 1.82) is 0 Å². The molecule has 23 heavy (non-hydrogen) atoms. The highest BCUT2D eigenvalue weighted by Crippen LogP contribution is 2.20. The molecule has 2 aliphatic heterocycles. The Morgan fingerprint density at radius 1 is 1.26 bits per heavy atom. The molecule has 0 bridgehead atoms. The molecule has 0 aliphatic carbocycles. The number of carbonyl (C=O) groups is 2. The van der Waals surface area contributed by atoms with Crippen LogP contribution in [0, 0.1) is 0 Å². The van der Waals surface area contributed by atoms with E-state index in [9.17, 15) is 14.4 Å². The van der Waals surface area contributed by atoms with E-state index in [0.717, 1.165) is 31.6 Å². The minimum absolute atomic E-state index is 0.0680. The Morgan fingerprint density at radius 2 is 2.13 bits per heavy atom. The van der Waals surface area contributed by atoms with E-state index in [4.69, 9.17) is 0 Å². The molecule has 0 saturated carbocycles. The molecule has 1 aromatic heterocycles. The maximum atomic E-state index is 12.2. The van der Waals surface area contributed by atoms with E-state index in [-0.39, 0.29) is 17.0 Å². The van der Waals surface area contributed by atoms with Crippen molar-refractivity contribution in [3.8, 4) is 0 Å². The standard InChI is InChI=1S/C15H20N4O3S/c20-12-4-2-1-3-6-18(12)7-5-16-13(21)11-10-17-15-19(14(11)22)8-9-23-15/h10H,1-9H2,(H,16,21). The monoisotopic (exact) mass is 336 g/mol. The third kappa shape index (κ3) is 3.57. The number of carbonyl (C=O) groups excluding carboxylic acids is 2. The van der Waals surface area contributed by atoms with Gasteiger partial charge in [0, 0.05) is 44.5 Å². The van der Waals surface area contributed by atoms with Gasteiger partial charge in [0.15, 0.2) is 5.16 Å². The quantitative estimate of drug-likeness (QED) is 0.809. The number of fused-ring (bicyclic) bond motifs is 1. The number of aromatic nitrogens is 2. The highest BCUT2D eigenvalue weighted by atomic mass is 32.2. The summed E-state index contributed by atoms with van der Waals surface area (Å²) >= 11 is 1.52. The lowest BCUT2D eigenvalue weighted by Gasteiger charge is -2.20. The Bertz CT molecular complexity index is 673. The first-order valence-electron chi connectivity index (χ1n) is 7.95. The van der Waals surface area contributed by atoms with E-state index in [2.05, 4.69) is 10.3 Å². The van der Waals surface area contributed by atoms with Crippen LogP contribution >= 0.6 is 11.8 Å². The van der Waals surface area contributed by atoms with Crippen LogP contribution in [-0.4, -0.2) is 51.7 Å². The topological polar surface area (TPSA) is 84.3 Å². The van der Waals surface area contributed by atoms with Crippen molar-refractivity contribution >= 4 is 23.6 Å². The van der Waals surface area contributed by atoms with E-state index in [1.54, 1.807) is 4.90 Å². The fraction of sp³-hybridized carbons (Fsp3) is 0.600. The second-order valence-electron chi connectivity index (χ2n) is 5.71. The molecule has 1 fully saturated rings. The SMILES string of the molecule is O=C(NCCN1CCCCCC1=O)c1cnc2n(c1=O)CCS2. The first kappa shape index (κ1) is 16.0. The normalized spacial score (nSPS) is 17.7. The van der Waals surface area contributed by atoms with Crippen molar-refractivity contribution in [2.24, 2.45) is 0 Å². The maximum absolute atomic E-state index is 12.2. The Kier molecular flexibility index (Phi) is 5.00. The minimum atomic E-state index is -0.419. The predicted molar refractivity (Wildman–Crippen MR) is 86.6 cm³/mol. The van der Waals surface area contributed by atoms with E-state index in [1.165, 1.54) is 22.5 Å². The van der Waals surface area contributed by atoms with Crippen molar-refractivity contribution in [2.45, 2.75) is 37.4 Å². The minimum Gasteiger partial charge on any atom is -0.350 e. The highest BCUT2D eigenvalue weighted by molar-refractivity contribution is 7.99. The van der Waals surface area contributed by atoms with Crippen molar-refractivity contribution in [3.63, 3.8) is 0 Å². The number of nitrogens with zero attached hydrogens (tertiary/aromatic N) is 3. The average Bonchev–Trinajstić information content (AvgIpc) is 2.93. The first-order chi connectivity index (χ1) is 11.2. The van der Waals surface area contributed by atoms with Crippen molar-refractivity contribution in [1.82, 2.24) is 19.8 Å². The van der Waals surface area contributed by atoms with E-state index in [0.29, 0.717) is 31.2 Å². The molecule has 0 spiro atoms. The summed E-state index contributed by atoms with van der Waals surface area (Å²) in [5, 5.41) is 3.39. The number of thioether (sulfide) groups is 1. The van der Waals surface area contributed by atoms with Gasteiger partial charge in [0.25, 0.3) is 11.5 Å². The Hall–Kier alpha value is -1.83. The van der Waals surface area contributed by atoms with Crippen LogP contribution in [0.15, 0.2) is 16.1 Å². The number of amides is 2. The first-order valence-corrected chi connectivity index (χ1v) is 8.94. The zero-order chi connectivity index (χ0) is 16.2. The number of nitrogens with one attached hydrogen (secondary N) is 1. The second-order valence-corrected chi connectivity index (χ2v) is 6.77. The Labute approximate surface area is 138 Å². The smallest absolute Gasteiger partial charge is 0.267 e. The van der Waals surface area contributed by atoms with Crippen molar-refractivity contribution in [2.75, 3.05) is 25.4 Å². The van der Waals surface area contributed by atoms with Gasteiger partial charge in [0.05, 0.1) is 0 Å². The Balaban J connectivity index is 1.58. The largest absolute Gasteiger partial charge is 0.350 e. The summed E-state index contributed by atoms with van der Waals surface area (Å²) in [6.07, 6.45) is 4.95. The van der Waals surface area contributed by atoms with Gasteiger partial charge in [-0.15, -0.1) is 0 Å². The van der Waals surface area contributed by atoms with Crippen LogP contribution in [0.3, 0.4) is 0 Å². The van der Waals surface area contributed by atoms with Crippen LogP contribution in [0.4, 0.5) is 0 Å². The third-order valence-corrected chi connectivity index (χ3v) is 5.11. The molecule has 124 valence electrons. The van der Waals surface area contributed by atoms with E-state index < -0.39 is 5.91 Å². The molecular weight excluding hydrogens is 316 g/mol. The van der Waals surface area contributed by atoms with Gasteiger partial charge in [-0.2, -0.15) is 0 Å². The number of rotatable bonds is 4. The van der Waals surface area contributed by atoms with Gasteiger partial charge >= 0.3 is 0 Å². The summed E-state index contributed by atoms with van der Waals surface area (Å²) in [4.78, 5) is 42.3. The zero-order valence-electron chi connectivity index (χ0n) is 12.9. The molecule has 1 aromatic rings. The van der Waals surface area contributed by atoms with Gasteiger partial charge in [0.2, 0.25) is 5.91 Å².